The van der Waals surface area contributed by atoms with E-state index in [2.05, 4.69) is 20.4 Å². The molecule has 2 fully saturated rings. The number of nitrogens with zero attached hydrogens (tertiary/aromatic N) is 3. The predicted octanol–water partition coefficient (Wildman–Crippen LogP) is 3.93. The molecule has 5 nitrogen and oxygen atoms in total. The molecule has 150 valence electrons. The summed E-state index contributed by atoms with van der Waals surface area (Å²) < 4.78 is 13.0. The standard InChI is InChI=1S/C21H27FN4OS/c22-17-8-6-15(7-9-17)14-19-24-25-21(28-19)26-12-10-18(11-13-26)23-20(27)16-4-2-1-3-5-16/h6-9,16,18H,1-5,10-14H2,(H,23,27). The molecule has 0 unspecified atom stereocenters. The Balaban J connectivity index is 1.26. The largest absolute Gasteiger partial charge is 0.353 e. The molecule has 0 radical (unpaired) electrons. The van der Waals surface area contributed by atoms with Crippen LogP contribution in [0.5, 0.6) is 0 Å². The first-order chi connectivity index (χ1) is 13.7. The van der Waals surface area contributed by atoms with Crippen molar-refractivity contribution in [3.05, 3.63) is 40.7 Å². The monoisotopic (exact) mass is 402 g/mol. The number of hydrogen-bond acceptors (Lipinski definition) is 5. The number of anilines is 1. The number of piperidine rings is 1. The van der Waals surface area contributed by atoms with Gasteiger partial charge in [-0.05, 0) is 43.4 Å². The molecule has 1 aliphatic heterocycles. The van der Waals surface area contributed by atoms with Crippen molar-refractivity contribution in [3.63, 3.8) is 0 Å². The van der Waals surface area contributed by atoms with E-state index in [1.807, 2.05) is 0 Å². The maximum Gasteiger partial charge on any atom is 0.223 e. The Kier molecular flexibility index (Phi) is 6.20. The maximum atomic E-state index is 13.0. The lowest BCUT2D eigenvalue weighted by Crippen LogP contribution is -2.46. The van der Waals surface area contributed by atoms with Crippen LogP contribution in [0.1, 0.15) is 55.5 Å². The third-order valence-corrected chi connectivity index (χ3v) is 6.80. The average molecular weight is 403 g/mol. The molecule has 2 aromatic rings. The Morgan fingerprint density at radius 3 is 2.50 bits per heavy atom. The Morgan fingerprint density at radius 2 is 1.79 bits per heavy atom. The van der Waals surface area contributed by atoms with Crippen molar-refractivity contribution in [3.8, 4) is 0 Å². The van der Waals surface area contributed by atoms with E-state index >= 15 is 0 Å². The first-order valence-electron chi connectivity index (χ1n) is 10.3. The van der Waals surface area contributed by atoms with Gasteiger partial charge in [-0.2, -0.15) is 0 Å². The fourth-order valence-corrected chi connectivity index (χ4v) is 5.04. The minimum absolute atomic E-state index is 0.222. The number of benzene rings is 1. The van der Waals surface area contributed by atoms with E-state index in [1.165, 1.54) is 31.4 Å². The number of amides is 1. The van der Waals surface area contributed by atoms with Crippen LogP contribution in [0.15, 0.2) is 24.3 Å². The Morgan fingerprint density at radius 1 is 1.07 bits per heavy atom. The predicted molar refractivity (Wildman–Crippen MR) is 109 cm³/mol. The van der Waals surface area contributed by atoms with Crippen LogP contribution < -0.4 is 10.2 Å². The van der Waals surface area contributed by atoms with Gasteiger partial charge in [0.25, 0.3) is 0 Å². The molecule has 1 amide bonds. The maximum absolute atomic E-state index is 13.0. The number of hydrogen-bond donors (Lipinski definition) is 1. The molecule has 0 spiro atoms. The van der Waals surface area contributed by atoms with Crippen LogP contribution in [0.3, 0.4) is 0 Å². The van der Waals surface area contributed by atoms with Crippen LogP contribution >= 0.6 is 11.3 Å². The number of halogens is 1. The first-order valence-corrected chi connectivity index (χ1v) is 11.1. The normalized spacial score (nSPS) is 19.0. The van der Waals surface area contributed by atoms with Gasteiger partial charge >= 0.3 is 0 Å². The van der Waals surface area contributed by atoms with E-state index in [0.29, 0.717) is 6.42 Å². The van der Waals surface area contributed by atoms with Gasteiger partial charge in [0.1, 0.15) is 10.8 Å². The lowest BCUT2D eigenvalue weighted by Gasteiger charge is -2.33. The van der Waals surface area contributed by atoms with Crippen molar-refractivity contribution in [2.45, 2.75) is 57.4 Å². The van der Waals surface area contributed by atoms with Crippen molar-refractivity contribution in [2.75, 3.05) is 18.0 Å². The summed E-state index contributed by atoms with van der Waals surface area (Å²) in [6.07, 6.45) is 8.32. The van der Waals surface area contributed by atoms with Crippen molar-refractivity contribution in [1.82, 2.24) is 15.5 Å². The van der Waals surface area contributed by atoms with Gasteiger partial charge in [0, 0.05) is 31.5 Å². The lowest BCUT2D eigenvalue weighted by molar-refractivity contribution is -0.126. The Hall–Kier alpha value is -2.02. The fourth-order valence-electron chi connectivity index (χ4n) is 4.12. The minimum Gasteiger partial charge on any atom is -0.353 e. The van der Waals surface area contributed by atoms with Gasteiger partial charge in [-0.25, -0.2) is 4.39 Å². The van der Waals surface area contributed by atoms with E-state index in [0.717, 1.165) is 54.5 Å². The summed E-state index contributed by atoms with van der Waals surface area (Å²) in [5.74, 6) is 0.264. The van der Waals surface area contributed by atoms with Gasteiger partial charge in [-0.1, -0.05) is 42.7 Å². The number of carbonyl (C=O) groups excluding carboxylic acids is 1. The molecular weight excluding hydrogens is 375 g/mol. The van der Waals surface area contributed by atoms with Crippen molar-refractivity contribution in [1.29, 1.82) is 0 Å². The van der Waals surface area contributed by atoms with E-state index < -0.39 is 0 Å². The summed E-state index contributed by atoms with van der Waals surface area (Å²) in [7, 11) is 0. The van der Waals surface area contributed by atoms with E-state index in [1.54, 1.807) is 23.5 Å². The van der Waals surface area contributed by atoms with Gasteiger partial charge in [-0.15, -0.1) is 10.2 Å². The third-order valence-electron chi connectivity index (χ3n) is 5.81. The van der Waals surface area contributed by atoms with Crippen molar-refractivity contribution < 1.29 is 9.18 Å². The number of rotatable bonds is 5. The van der Waals surface area contributed by atoms with E-state index in [9.17, 15) is 9.18 Å². The second-order valence-electron chi connectivity index (χ2n) is 7.89. The molecule has 0 bridgehead atoms. The smallest absolute Gasteiger partial charge is 0.223 e. The summed E-state index contributed by atoms with van der Waals surface area (Å²) in [4.78, 5) is 14.7. The molecule has 0 atom stereocenters. The summed E-state index contributed by atoms with van der Waals surface area (Å²) in [5, 5.41) is 13.8. The van der Waals surface area contributed by atoms with Crippen molar-refractivity contribution >= 4 is 22.4 Å². The minimum atomic E-state index is -0.222. The summed E-state index contributed by atoms with van der Waals surface area (Å²) >= 11 is 1.60. The molecule has 28 heavy (non-hydrogen) atoms. The molecule has 1 N–H and O–H groups in total. The molecule has 4 rings (SSSR count). The second kappa shape index (κ2) is 8.99. The second-order valence-corrected chi connectivity index (χ2v) is 8.93. The zero-order chi connectivity index (χ0) is 19.3. The highest BCUT2D eigenvalue weighted by molar-refractivity contribution is 7.15. The van der Waals surface area contributed by atoms with Gasteiger partial charge in [0.05, 0.1) is 0 Å². The average Bonchev–Trinajstić information content (AvgIpc) is 3.19. The fraction of sp³-hybridized carbons (Fsp3) is 0.571. The molecule has 7 heteroatoms. The van der Waals surface area contributed by atoms with Gasteiger partial charge in [0.2, 0.25) is 11.0 Å². The van der Waals surface area contributed by atoms with Crippen LogP contribution in [0.4, 0.5) is 9.52 Å². The van der Waals surface area contributed by atoms with Crippen molar-refractivity contribution in [2.24, 2.45) is 5.92 Å². The lowest BCUT2D eigenvalue weighted by atomic mass is 9.88. The molecule has 1 saturated heterocycles. The van der Waals surface area contributed by atoms with Crippen LogP contribution in [-0.4, -0.2) is 35.2 Å². The Labute approximate surface area is 169 Å². The third kappa shape index (κ3) is 4.87. The van der Waals surface area contributed by atoms with Gasteiger partial charge in [-0.3, -0.25) is 4.79 Å². The summed E-state index contributed by atoms with van der Waals surface area (Å²) in [6.45, 7) is 1.78. The molecule has 1 aromatic heterocycles. The topological polar surface area (TPSA) is 58.1 Å². The highest BCUT2D eigenvalue weighted by atomic mass is 32.1. The molecule has 1 aliphatic carbocycles. The molecule has 1 saturated carbocycles. The van der Waals surface area contributed by atoms with Crippen LogP contribution in [-0.2, 0) is 11.2 Å². The molecule has 2 aliphatic rings. The molecular formula is C21H27FN4OS. The Bertz CT molecular complexity index is 780. The highest BCUT2D eigenvalue weighted by Gasteiger charge is 2.26. The van der Waals surface area contributed by atoms with E-state index in [4.69, 9.17) is 0 Å². The summed E-state index contributed by atoms with van der Waals surface area (Å²) in [6, 6.07) is 6.80. The zero-order valence-corrected chi connectivity index (χ0v) is 16.9. The number of carbonyl (C=O) groups is 1. The van der Waals surface area contributed by atoms with E-state index in [-0.39, 0.29) is 23.7 Å². The number of aromatic nitrogens is 2. The summed E-state index contributed by atoms with van der Waals surface area (Å²) in [5.41, 5.74) is 1.04. The molecule has 1 aromatic carbocycles. The highest BCUT2D eigenvalue weighted by Crippen LogP contribution is 2.27. The molecule has 2 heterocycles. The number of nitrogens with one attached hydrogen (secondary N) is 1. The first kappa shape index (κ1) is 19.3. The van der Waals surface area contributed by atoms with Crippen LogP contribution in [0.25, 0.3) is 0 Å². The van der Waals surface area contributed by atoms with Crippen LogP contribution in [0.2, 0.25) is 0 Å². The quantitative estimate of drug-likeness (QED) is 0.823. The zero-order valence-electron chi connectivity index (χ0n) is 16.1. The SMILES string of the molecule is O=C(NC1CCN(c2nnc(Cc3ccc(F)cc3)s2)CC1)C1CCCCC1. The van der Waals surface area contributed by atoms with Crippen LogP contribution in [0, 0.1) is 11.7 Å². The van der Waals surface area contributed by atoms with Gasteiger partial charge < -0.3 is 10.2 Å². The van der Waals surface area contributed by atoms with Gasteiger partial charge in [0.15, 0.2) is 0 Å².